The fraction of sp³-hybridized carbons (Fsp3) is 0.467. The highest BCUT2D eigenvalue weighted by Crippen LogP contribution is 2.17. The summed E-state index contributed by atoms with van der Waals surface area (Å²) in [4.78, 5) is 21.7. The van der Waals surface area contributed by atoms with E-state index in [-0.39, 0.29) is 6.41 Å². The lowest BCUT2D eigenvalue weighted by molar-refractivity contribution is -0.170. The van der Waals surface area contributed by atoms with E-state index in [0.29, 0.717) is 17.9 Å². The van der Waals surface area contributed by atoms with E-state index < -0.39 is 17.9 Å². The van der Waals surface area contributed by atoms with Crippen LogP contribution in [0.3, 0.4) is 0 Å². The van der Waals surface area contributed by atoms with Crippen LogP contribution in [0.25, 0.3) is 0 Å². The molecule has 5 heteroatoms. The van der Waals surface area contributed by atoms with E-state index in [4.69, 9.17) is 5.11 Å². The molecular formula is C15H21NO4. The Labute approximate surface area is 118 Å². The number of rotatable bonds is 8. The lowest BCUT2D eigenvalue weighted by Gasteiger charge is -2.24. The van der Waals surface area contributed by atoms with Crippen LogP contribution < -0.4 is 0 Å². The predicted octanol–water partition coefficient (Wildman–Crippen LogP) is 2.25. The summed E-state index contributed by atoms with van der Waals surface area (Å²) < 4.78 is 0. The van der Waals surface area contributed by atoms with Crippen molar-refractivity contribution in [1.82, 2.24) is 5.06 Å². The van der Waals surface area contributed by atoms with Gasteiger partial charge in [-0.2, -0.15) is 0 Å². The molecule has 0 aliphatic rings. The second kappa shape index (κ2) is 7.65. The topological polar surface area (TPSA) is 77.8 Å². The first-order valence-corrected chi connectivity index (χ1v) is 6.66. The Bertz CT molecular complexity index is 444. The van der Waals surface area contributed by atoms with E-state index in [1.54, 1.807) is 0 Å². The van der Waals surface area contributed by atoms with Crippen molar-refractivity contribution in [2.45, 2.75) is 39.2 Å². The van der Waals surface area contributed by atoms with Gasteiger partial charge in [0.15, 0.2) is 0 Å². The zero-order valence-electron chi connectivity index (χ0n) is 11.8. The Hall–Kier alpha value is -1.88. The summed E-state index contributed by atoms with van der Waals surface area (Å²) in [5, 5.41) is 18.9. The Balaban J connectivity index is 2.53. The summed E-state index contributed by atoms with van der Waals surface area (Å²) in [6, 6.07) is 7.36. The third kappa shape index (κ3) is 4.66. The number of hydrogen-bond acceptors (Lipinski definition) is 3. The molecule has 0 spiro atoms. The minimum Gasteiger partial charge on any atom is -0.481 e. The third-order valence-corrected chi connectivity index (χ3v) is 3.53. The summed E-state index contributed by atoms with van der Waals surface area (Å²) >= 11 is 0. The number of benzene rings is 1. The van der Waals surface area contributed by atoms with Gasteiger partial charge in [-0.25, -0.2) is 5.06 Å². The molecule has 110 valence electrons. The van der Waals surface area contributed by atoms with Gasteiger partial charge in [-0.15, -0.1) is 0 Å². The fourth-order valence-corrected chi connectivity index (χ4v) is 2.13. The molecule has 0 aliphatic carbocycles. The smallest absolute Gasteiger partial charge is 0.308 e. The van der Waals surface area contributed by atoms with E-state index in [1.165, 1.54) is 12.5 Å². The van der Waals surface area contributed by atoms with Crippen molar-refractivity contribution in [3.8, 4) is 0 Å². The summed E-state index contributed by atoms with van der Waals surface area (Å²) in [6.45, 7) is 3.54. The SMILES string of the molecule is Cc1ccc(CCCC(C(=O)O)C(C)N(O)C=O)cc1. The maximum Gasteiger partial charge on any atom is 0.308 e. The van der Waals surface area contributed by atoms with E-state index in [9.17, 15) is 14.8 Å². The van der Waals surface area contributed by atoms with E-state index >= 15 is 0 Å². The average molecular weight is 279 g/mol. The predicted molar refractivity (Wildman–Crippen MR) is 74.4 cm³/mol. The standard InChI is InChI=1S/C15H21NO4/c1-11-6-8-13(9-7-11)4-3-5-14(15(18)19)12(2)16(20)10-17/h6-10,12,14,20H,3-5H2,1-2H3,(H,18,19). The zero-order valence-corrected chi connectivity index (χ0v) is 11.8. The Morgan fingerprint density at radius 1 is 1.35 bits per heavy atom. The number of aryl methyl sites for hydroxylation is 2. The van der Waals surface area contributed by atoms with Crippen molar-refractivity contribution in [2.24, 2.45) is 5.92 Å². The summed E-state index contributed by atoms with van der Waals surface area (Å²) in [6.07, 6.45) is 2.12. The highest BCUT2D eigenvalue weighted by atomic mass is 16.5. The molecule has 5 nitrogen and oxygen atoms in total. The van der Waals surface area contributed by atoms with Crippen molar-refractivity contribution in [2.75, 3.05) is 0 Å². The van der Waals surface area contributed by atoms with Crippen LogP contribution >= 0.6 is 0 Å². The first-order chi connectivity index (χ1) is 9.45. The first-order valence-electron chi connectivity index (χ1n) is 6.66. The minimum atomic E-state index is -0.998. The lowest BCUT2D eigenvalue weighted by Crippen LogP contribution is -2.39. The van der Waals surface area contributed by atoms with Gasteiger partial charge in [0.05, 0.1) is 12.0 Å². The quantitative estimate of drug-likeness (QED) is 0.434. The van der Waals surface area contributed by atoms with E-state index in [2.05, 4.69) is 0 Å². The maximum absolute atomic E-state index is 11.2. The number of amides is 1. The molecule has 2 atom stereocenters. The Kier molecular flexibility index (Phi) is 6.18. The van der Waals surface area contributed by atoms with Crippen LogP contribution in [0, 0.1) is 12.8 Å². The van der Waals surface area contributed by atoms with Crippen LogP contribution in [-0.2, 0) is 16.0 Å². The zero-order chi connectivity index (χ0) is 15.1. The molecule has 1 amide bonds. The molecule has 2 unspecified atom stereocenters. The molecule has 0 fully saturated rings. The molecular weight excluding hydrogens is 258 g/mol. The number of hydrogen-bond donors (Lipinski definition) is 2. The molecule has 20 heavy (non-hydrogen) atoms. The Morgan fingerprint density at radius 2 is 1.95 bits per heavy atom. The number of hydroxylamine groups is 2. The molecule has 0 aliphatic heterocycles. The van der Waals surface area contributed by atoms with Crippen LogP contribution in [0.15, 0.2) is 24.3 Å². The van der Waals surface area contributed by atoms with E-state index in [1.807, 2.05) is 31.2 Å². The monoisotopic (exact) mass is 279 g/mol. The first kappa shape index (κ1) is 16.2. The second-order valence-corrected chi connectivity index (χ2v) is 5.05. The van der Waals surface area contributed by atoms with Crippen LogP contribution in [0.4, 0.5) is 0 Å². The number of nitrogens with zero attached hydrogens (tertiary/aromatic N) is 1. The van der Waals surface area contributed by atoms with Crippen LogP contribution in [0.5, 0.6) is 0 Å². The van der Waals surface area contributed by atoms with Gasteiger partial charge in [0.25, 0.3) is 0 Å². The molecule has 2 N–H and O–H groups in total. The molecule has 0 aromatic heterocycles. The number of carbonyl (C=O) groups is 2. The van der Waals surface area contributed by atoms with Gasteiger partial charge in [0.2, 0.25) is 6.41 Å². The van der Waals surface area contributed by atoms with Crippen molar-refractivity contribution in [3.63, 3.8) is 0 Å². The molecule has 0 radical (unpaired) electrons. The summed E-state index contributed by atoms with van der Waals surface area (Å²) in [5.41, 5.74) is 2.34. The lowest BCUT2D eigenvalue weighted by atomic mass is 9.93. The molecule has 0 saturated carbocycles. The fourth-order valence-electron chi connectivity index (χ4n) is 2.13. The van der Waals surface area contributed by atoms with Crippen LogP contribution in [0.1, 0.15) is 30.9 Å². The molecule has 0 saturated heterocycles. The number of carboxylic acids is 1. The largest absolute Gasteiger partial charge is 0.481 e. The molecule has 1 rings (SSSR count). The van der Waals surface area contributed by atoms with Crippen molar-refractivity contribution < 1.29 is 19.9 Å². The highest BCUT2D eigenvalue weighted by Gasteiger charge is 2.27. The van der Waals surface area contributed by atoms with Gasteiger partial charge in [0, 0.05) is 0 Å². The summed E-state index contributed by atoms with van der Waals surface area (Å²) in [7, 11) is 0. The molecule has 0 bridgehead atoms. The van der Waals surface area contributed by atoms with Gasteiger partial charge in [-0.3, -0.25) is 14.8 Å². The van der Waals surface area contributed by atoms with Gasteiger partial charge in [-0.1, -0.05) is 29.8 Å². The van der Waals surface area contributed by atoms with Crippen molar-refractivity contribution >= 4 is 12.4 Å². The highest BCUT2D eigenvalue weighted by molar-refractivity contribution is 5.71. The normalized spacial score (nSPS) is 13.6. The van der Waals surface area contributed by atoms with E-state index in [0.717, 1.165) is 12.0 Å². The molecule has 1 aromatic carbocycles. The number of aliphatic carboxylic acids is 1. The molecule has 1 aromatic rings. The minimum absolute atomic E-state index is 0.237. The second-order valence-electron chi connectivity index (χ2n) is 5.05. The third-order valence-electron chi connectivity index (χ3n) is 3.53. The van der Waals surface area contributed by atoms with Crippen molar-refractivity contribution in [3.05, 3.63) is 35.4 Å². The molecule has 0 heterocycles. The van der Waals surface area contributed by atoms with Gasteiger partial charge < -0.3 is 5.11 Å². The summed E-state index contributed by atoms with van der Waals surface area (Å²) in [5.74, 6) is -1.77. The van der Waals surface area contributed by atoms with Gasteiger partial charge in [-0.05, 0) is 38.7 Å². The van der Waals surface area contributed by atoms with Crippen molar-refractivity contribution in [1.29, 1.82) is 0 Å². The average Bonchev–Trinajstić information content (AvgIpc) is 2.43. The van der Waals surface area contributed by atoms with Gasteiger partial charge >= 0.3 is 5.97 Å². The van der Waals surface area contributed by atoms with Crippen LogP contribution in [0.2, 0.25) is 0 Å². The van der Waals surface area contributed by atoms with Gasteiger partial charge in [0.1, 0.15) is 0 Å². The number of carboxylic acid groups (broad SMARTS) is 1. The Morgan fingerprint density at radius 3 is 2.45 bits per heavy atom. The maximum atomic E-state index is 11.2. The van der Waals surface area contributed by atoms with Crippen LogP contribution in [-0.4, -0.2) is 33.8 Å². The number of carbonyl (C=O) groups excluding carboxylic acids is 1.